The molecule has 1 unspecified atom stereocenters. The average Bonchev–Trinajstić information content (AvgIpc) is 2.28. The molecule has 1 atom stereocenters. The molecule has 118 valence electrons. The molecule has 1 nitrogen and oxygen atoms in total. The maximum atomic E-state index is 2.42. The lowest BCUT2D eigenvalue weighted by molar-refractivity contribution is 0.208. The molecule has 0 aromatic heterocycles. The molecule has 0 radical (unpaired) electrons. The van der Waals surface area contributed by atoms with Gasteiger partial charge < -0.3 is 4.90 Å². The molecule has 0 heterocycles. The Bertz CT molecular complexity index is 171. The average molecular weight is 272 g/mol. The Labute approximate surface area is 124 Å². The largest absolute Gasteiger partial charge is 0.303 e. The lowest BCUT2D eigenvalue weighted by atomic mass is 9.78. The van der Waals surface area contributed by atoms with Crippen LogP contribution < -0.4 is 0 Å². The van der Waals surface area contributed by atoms with Gasteiger partial charge in [-0.2, -0.15) is 0 Å². The van der Waals surface area contributed by atoms with Crippen LogP contribution in [0.4, 0.5) is 0 Å². The Kier molecular flexibility index (Phi) is 14.5. The van der Waals surface area contributed by atoms with E-state index in [0.717, 1.165) is 23.8 Å². The molecular formula is C18H41N. The number of rotatable bonds is 5. The molecule has 0 amide bonds. The number of nitrogens with zero attached hydrogens (tertiary/aromatic N) is 1. The van der Waals surface area contributed by atoms with Gasteiger partial charge in [-0.25, -0.2) is 0 Å². The van der Waals surface area contributed by atoms with Gasteiger partial charge in [0.25, 0.3) is 0 Å². The standard InChI is InChI=1S/C9H21N.C7H14.C2H6/c1-6-7-10(5)9(4)8(2)3;1-6(2)7-4-3-5-7;1-2/h8-9H,6-7H2,1-5H3;6-7H,3-5H2,1-2H3;1-2H3. The molecule has 0 bridgehead atoms. The summed E-state index contributed by atoms with van der Waals surface area (Å²) in [6.07, 6.45) is 5.74. The smallest absolute Gasteiger partial charge is 0.00868 e. The summed E-state index contributed by atoms with van der Waals surface area (Å²) in [6.45, 7) is 18.9. The van der Waals surface area contributed by atoms with Crippen molar-refractivity contribution in [2.75, 3.05) is 13.6 Å². The van der Waals surface area contributed by atoms with Gasteiger partial charge in [0.05, 0.1) is 0 Å². The fraction of sp³-hybridized carbons (Fsp3) is 1.00. The minimum absolute atomic E-state index is 0.722. The summed E-state index contributed by atoms with van der Waals surface area (Å²) < 4.78 is 0. The van der Waals surface area contributed by atoms with Crippen LogP contribution in [0.15, 0.2) is 0 Å². The topological polar surface area (TPSA) is 3.24 Å². The van der Waals surface area contributed by atoms with Crippen LogP contribution in [0.5, 0.6) is 0 Å². The Morgan fingerprint density at radius 3 is 1.63 bits per heavy atom. The summed E-state index contributed by atoms with van der Waals surface area (Å²) in [5, 5.41) is 0. The van der Waals surface area contributed by atoms with Crippen molar-refractivity contribution in [1.82, 2.24) is 4.90 Å². The second kappa shape index (κ2) is 13.0. The van der Waals surface area contributed by atoms with Crippen LogP contribution in [-0.2, 0) is 0 Å². The van der Waals surface area contributed by atoms with Crippen molar-refractivity contribution in [1.29, 1.82) is 0 Å². The Hall–Kier alpha value is -0.0400. The third kappa shape index (κ3) is 10.4. The van der Waals surface area contributed by atoms with E-state index in [4.69, 9.17) is 0 Å². The first-order chi connectivity index (χ1) is 8.90. The third-order valence-corrected chi connectivity index (χ3v) is 4.33. The Morgan fingerprint density at radius 2 is 1.47 bits per heavy atom. The van der Waals surface area contributed by atoms with E-state index in [2.05, 4.69) is 53.5 Å². The molecule has 0 aromatic rings. The molecule has 1 fully saturated rings. The van der Waals surface area contributed by atoms with Crippen LogP contribution in [0.1, 0.15) is 81.1 Å². The highest BCUT2D eigenvalue weighted by molar-refractivity contribution is 4.71. The maximum Gasteiger partial charge on any atom is 0.00868 e. The van der Waals surface area contributed by atoms with Crippen molar-refractivity contribution in [2.45, 2.75) is 87.1 Å². The second-order valence-corrected chi connectivity index (χ2v) is 6.40. The monoisotopic (exact) mass is 271 g/mol. The summed E-state index contributed by atoms with van der Waals surface area (Å²) in [6, 6.07) is 0.722. The van der Waals surface area contributed by atoms with Crippen LogP contribution in [0.3, 0.4) is 0 Å². The predicted octanol–water partition coefficient (Wildman–Crippen LogP) is 5.84. The van der Waals surface area contributed by atoms with E-state index in [-0.39, 0.29) is 0 Å². The van der Waals surface area contributed by atoms with Crippen molar-refractivity contribution in [3.63, 3.8) is 0 Å². The SMILES string of the molecule is CC.CC(C)C1CCC1.CCCN(C)C(C)C(C)C. The summed E-state index contributed by atoms with van der Waals surface area (Å²) in [4.78, 5) is 2.42. The summed E-state index contributed by atoms with van der Waals surface area (Å²) in [7, 11) is 2.20. The number of hydrogen-bond donors (Lipinski definition) is 0. The van der Waals surface area contributed by atoms with E-state index in [0.29, 0.717) is 0 Å². The summed E-state index contributed by atoms with van der Waals surface area (Å²) >= 11 is 0. The first-order valence-electron chi connectivity index (χ1n) is 8.60. The van der Waals surface area contributed by atoms with Gasteiger partial charge in [-0.1, -0.05) is 67.7 Å². The van der Waals surface area contributed by atoms with Gasteiger partial charge in [-0.05, 0) is 44.7 Å². The van der Waals surface area contributed by atoms with Crippen LogP contribution in [-0.4, -0.2) is 24.5 Å². The Morgan fingerprint density at radius 1 is 1.00 bits per heavy atom. The van der Waals surface area contributed by atoms with E-state index in [1.807, 2.05) is 13.8 Å². The fourth-order valence-electron chi connectivity index (χ4n) is 2.17. The van der Waals surface area contributed by atoms with E-state index in [9.17, 15) is 0 Å². The summed E-state index contributed by atoms with van der Waals surface area (Å²) in [5.41, 5.74) is 0. The third-order valence-electron chi connectivity index (χ3n) is 4.33. The van der Waals surface area contributed by atoms with Crippen molar-refractivity contribution in [2.24, 2.45) is 17.8 Å². The zero-order chi connectivity index (χ0) is 15.4. The van der Waals surface area contributed by atoms with Gasteiger partial charge >= 0.3 is 0 Å². The van der Waals surface area contributed by atoms with E-state index in [1.54, 1.807) is 0 Å². The van der Waals surface area contributed by atoms with E-state index in [1.165, 1.54) is 32.2 Å². The molecule has 19 heavy (non-hydrogen) atoms. The minimum Gasteiger partial charge on any atom is -0.303 e. The lowest BCUT2D eigenvalue weighted by Crippen LogP contribution is -2.33. The first kappa shape index (κ1) is 21.3. The highest BCUT2D eigenvalue weighted by atomic mass is 15.1. The van der Waals surface area contributed by atoms with Gasteiger partial charge in [0.2, 0.25) is 0 Å². The van der Waals surface area contributed by atoms with E-state index < -0.39 is 0 Å². The molecule has 0 N–H and O–H groups in total. The van der Waals surface area contributed by atoms with Gasteiger partial charge in [0.15, 0.2) is 0 Å². The van der Waals surface area contributed by atoms with Gasteiger partial charge in [0.1, 0.15) is 0 Å². The highest BCUT2D eigenvalue weighted by Crippen LogP contribution is 2.32. The van der Waals surface area contributed by atoms with Crippen LogP contribution in [0, 0.1) is 17.8 Å². The molecule has 1 rings (SSSR count). The minimum atomic E-state index is 0.722. The zero-order valence-electron chi connectivity index (χ0n) is 15.3. The normalized spacial score (nSPS) is 16.4. The first-order valence-corrected chi connectivity index (χ1v) is 8.60. The highest BCUT2D eigenvalue weighted by Gasteiger charge is 2.19. The van der Waals surface area contributed by atoms with E-state index >= 15 is 0 Å². The molecular weight excluding hydrogens is 230 g/mol. The fourth-order valence-corrected chi connectivity index (χ4v) is 2.17. The zero-order valence-corrected chi connectivity index (χ0v) is 15.3. The van der Waals surface area contributed by atoms with Crippen molar-refractivity contribution in [3.05, 3.63) is 0 Å². The molecule has 1 heteroatoms. The number of hydrogen-bond acceptors (Lipinski definition) is 1. The maximum absolute atomic E-state index is 2.42. The molecule has 1 aliphatic carbocycles. The van der Waals surface area contributed by atoms with Crippen LogP contribution >= 0.6 is 0 Å². The molecule has 0 spiro atoms. The lowest BCUT2D eigenvalue weighted by Gasteiger charge is -2.28. The van der Waals surface area contributed by atoms with Gasteiger partial charge in [0, 0.05) is 6.04 Å². The van der Waals surface area contributed by atoms with Gasteiger partial charge in [-0.3, -0.25) is 0 Å². The van der Waals surface area contributed by atoms with Crippen LogP contribution in [0.2, 0.25) is 0 Å². The molecule has 1 saturated carbocycles. The van der Waals surface area contributed by atoms with Crippen molar-refractivity contribution < 1.29 is 0 Å². The molecule has 1 aliphatic rings. The van der Waals surface area contributed by atoms with Crippen molar-refractivity contribution >= 4 is 0 Å². The molecule has 0 aliphatic heterocycles. The Balaban J connectivity index is 0. The predicted molar refractivity (Wildman–Crippen MR) is 90.7 cm³/mol. The quantitative estimate of drug-likeness (QED) is 0.607. The molecule has 0 aromatic carbocycles. The second-order valence-electron chi connectivity index (χ2n) is 6.40. The van der Waals surface area contributed by atoms with Gasteiger partial charge in [-0.15, -0.1) is 0 Å². The van der Waals surface area contributed by atoms with Crippen LogP contribution in [0.25, 0.3) is 0 Å². The van der Waals surface area contributed by atoms with Crippen molar-refractivity contribution in [3.8, 4) is 0 Å². The summed E-state index contributed by atoms with van der Waals surface area (Å²) in [5.74, 6) is 2.81. The molecule has 0 saturated heterocycles.